The quantitative estimate of drug-likeness (QED) is 0.468. The van der Waals surface area contributed by atoms with Crippen LogP contribution >= 0.6 is 11.8 Å². The molecule has 4 heterocycles. The predicted molar refractivity (Wildman–Crippen MR) is 130 cm³/mol. The molecule has 2 fully saturated rings. The molecule has 1 saturated heterocycles. The number of aromatic nitrogens is 2. The molecular weight excluding hydrogens is 508 g/mol. The third kappa shape index (κ3) is 4.45. The zero-order chi connectivity index (χ0) is 26.6. The van der Waals surface area contributed by atoms with Gasteiger partial charge < -0.3 is 10.6 Å². The lowest BCUT2D eigenvalue weighted by atomic mass is 9.86. The lowest BCUT2D eigenvalue weighted by Crippen LogP contribution is -2.50. The summed E-state index contributed by atoms with van der Waals surface area (Å²) < 4.78 is 56.1. The minimum absolute atomic E-state index is 0.00802. The number of hydrogen-bond donors (Lipinski definition) is 1. The predicted octanol–water partition coefficient (Wildman–Crippen LogP) is 4.25. The van der Waals surface area contributed by atoms with Crippen LogP contribution in [-0.2, 0) is 10.3 Å². The fraction of sp³-hybridized carbons (Fsp3) is 0.400. The summed E-state index contributed by atoms with van der Waals surface area (Å²) in [6.07, 6.45) is 3.07. The monoisotopic (exact) mass is 530 g/mol. The molecule has 1 amide bonds. The van der Waals surface area contributed by atoms with Crippen molar-refractivity contribution in [3.63, 3.8) is 0 Å². The van der Waals surface area contributed by atoms with Crippen LogP contribution in [0.3, 0.4) is 0 Å². The van der Waals surface area contributed by atoms with Gasteiger partial charge in [-0.1, -0.05) is 11.8 Å². The number of thioether (sulfide) groups is 1. The van der Waals surface area contributed by atoms with Gasteiger partial charge in [0.25, 0.3) is 5.92 Å². The van der Waals surface area contributed by atoms with Gasteiger partial charge >= 0.3 is 0 Å². The second-order valence-corrected chi connectivity index (χ2v) is 11.0. The first-order valence-corrected chi connectivity index (χ1v) is 12.4. The Labute approximate surface area is 214 Å². The van der Waals surface area contributed by atoms with Gasteiger partial charge in [0, 0.05) is 49.8 Å². The maximum absolute atomic E-state index is 15.1. The van der Waals surface area contributed by atoms with Crippen LogP contribution in [0.1, 0.15) is 48.6 Å². The van der Waals surface area contributed by atoms with Crippen LogP contribution in [0.25, 0.3) is 11.9 Å². The number of hydrogen-bond acceptors (Lipinski definition) is 7. The summed E-state index contributed by atoms with van der Waals surface area (Å²) in [5.74, 6) is -5.09. The molecule has 0 aromatic carbocycles. The number of alkyl halides is 2. The zero-order valence-corrected chi connectivity index (χ0v) is 20.5. The highest BCUT2D eigenvalue weighted by atomic mass is 32.2. The Morgan fingerprint density at radius 3 is 2.65 bits per heavy atom. The van der Waals surface area contributed by atoms with Crippen LogP contribution in [0.2, 0.25) is 0 Å². The Balaban J connectivity index is 1.44. The topological polar surface area (TPSA) is 108 Å². The number of amides is 1. The average Bonchev–Trinajstić information content (AvgIpc) is 3.61. The number of carbonyl (C=O) groups excluding carboxylic acids is 1. The van der Waals surface area contributed by atoms with Crippen LogP contribution in [-0.4, -0.2) is 49.7 Å². The fourth-order valence-corrected chi connectivity index (χ4v) is 6.52. The molecule has 7 nitrogen and oxygen atoms in total. The minimum atomic E-state index is -2.79. The third-order valence-electron chi connectivity index (χ3n) is 7.20. The highest BCUT2D eigenvalue weighted by molar-refractivity contribution is 8.15. The molecule has 37 heavy (non-hydrogen) atoms. The number of aliphatic imine (C=N–C) groups is 1. The van der Waals surface area contributed by atoms with Crippen LogP contribution in [0.4, 0.5) is 17.6 Å². The fourth-order valence-electron chi connectivity index (χ4n) is 5.08. The molecule has 1 saturated carbocycles. The van der Waals surface area contributed by atoms with E-state index in [4.69, 9.17) is 11.0 Å². The molecule has 2 aromatic rings. The van der Waals surface area contributed by atoms with E-state index in [0.29, 0.717) is 6.42 Å². The van der Waals surface area contributed by atoms with Crippen molar-refractivity contribution in [2.24, 2.45) is 16.6 Å². The largest absolute Gasteiger partial charge is 0.378 e. The van der Waals surface area contributed by atoms with E-state index < -0.39 is 46.7 Å². The maximum Gasteiger partial charge on any atom is 0.251 e. The van der Waals surface area contributed by atoms with Crippen molar-refractivity contribution < 1.29 is 22.4 Å². The summed E-state index contributed by atoms with van der Waals surface area (Å²) >= 11 is 1.09. The van der Waals surface area contributed by atoms with E-state index in [2.05, 4.69) is 15.0 Å². The van der Waals surface area contributed by atoms with Crippen molar-refractivity contribution in [2.45, 2.75) is 42.4 Å². The van der Waals surface area contributed by atoms with Crippen LogP contribution in [0, 0.1) is 23.2 Å². The van der Waals surface area contributed by atoms with Gasteiger partial charge in [0.1, 0.15) is 16.6 Å². The molecule has 2 aliphatic heterocycles. The summed E-state index contributed by atoms with van der Waals surface area (Å²) in [5, 5.41) is 8.96. The number of piperidine rings is 1. The number of pyridine rings is 2. The van der Waals surface area contributed by atoms with Gasteiger partial charge in [0.2, 0.25) is 11.9 Å². The van der Waals surface area contributed by atoms with Gasteiger partial charge in [0.05, 0.1) is 16.8 Å². The average molecular weight is 531 g/mol. The van der Waals surface area contributed by atoms with Crippen molar-refractivity contribution in [2.75, 3.05) is 13.1 Å². The number of amidine groups is 1. The van der Waals surface area contributed by atoms with Gasteiger partial charge in [0.15, 0.2) is 5.17 Å². The van der Waals surface area contributed by atoms with Crippen LogP contribution in [0.15, 0.2) is 35.6 Å². The molecule has 0 bridgehead atoms. The number of nitriles is 1. The first-order chi connectivity index (χ1) is 17.5. The van der Waals surface area contributed by atoms with E-state index in [1.807, 2.05) is 6.07 Å². The Morgan fingerprint density at radius 2 is 2.00 bits per heavy atom. The normalized spacial score (nSPS) is 28.6. The number of carbonyl (C=O) groups is 1. The number of likely N-dealkylation sites (tertiary alicyclic amines) is 1. The smallest absolute Gasteiger partial charge is 0.251 e. The van der Waals surface area contributed by atoms with Crippen molar-refractivity contribution in [1.29, 1.82) is 5.26 Å². The molecule has 3 atom stereocenters. The molecule has 1 aliphatic carbocycles. The molecular formula is C25H22F4N6OS. The van der Waals surface area contributed by atoms with E-state index in [9.17, 15) is 18.0 Å². The Kier molecular flexibility index (Phi) is 6.02. The standard InChI is InChI=1S/C25H22F4N6OS/c1-23(16-8-15(13-33-20(16)27)9-17(26)18-3-2-14(11-30)12-32-18)19-10-25(19,37-22(31)34-23)21(36)35-6-4-24(28,29)5-7-35/h2-3,8-9,12-13,19H,4-7,10H2,1H3,(H2,31,34)/t19-,23+,25-/m0/s1. The number of nitrogens with zero attached hydrogens (tertiary/aromatic N) is 5. The molecule has 0 radical (unpaired) electrons. The van der Waals surface area contributed by atoms with Gasteiger partial charge in [-0.25, -0.2) is 18.2 Å². The SMILES string of the molecule is C[C@]1(c2cc(C=C(F)c3ccc(C#N)cn3)cnc2F)N=C(N)S[C@@]2(C(=O)N3CCC(F)(F)CC3)C[C@H]21. The van der Waals surface area contributed by atoms with E-state index in [1.165, 1.54) is 29.3 Å². The molecule has 0 spiro atoms. The van der Waals surface area contributed by atoms with Gasteiger partial charge in [-0.2, -0.15) is 9.65 Å². The van der Waals surface area contributed by atoms with E-state index in [0.717, 1.165) is 24.0 Å². The zero-order valence-electron chi connectivity index (χ0n) is 19.7. The molecule has 3 aliphatic rings. The highest BCUT2D eigenvalue weighted by Gasteiger charge is 2.71. The third-order valence-corrected chi connectivity index (χ3v) is 8.49. The summed E-state index contributed by atoms with van der Waals surface area (Å²) in [6.45, 7) is 1.52. The molecule has 0 unspecified atom stereocenters. The van der Waals surface area contributed by atoms with Crippen LogP contribution < -0.4 is 5.73 Å². The van der Waals surface area contributed by atoms with Crippen LogP contribution in [0.5, 0.6) is 0 Å². The summed E-state index contributed by atoms with van der Waals surface area (Å²) in [7, 11) is 0. The van der Waals surface area contributed by atoms with Gasteiger partial charge in [-0.05, 0) is 43.2 Å². The second kappa shape index (κ2) is 8.83. The van der Waals surface area contributed by atoms with Gasteiger partial charge in [-0.3, -0.25) is 14.8 Å². The van der Waals surface area contributed by atoms with Gasteiger partial charge in [-0.15, -0.1) is 0 Å². The molecule has 192 valence electrons. The van der Waals surface area contributed by atoms with Crippen molar-refractivity contribution >= 4 is 34.7 Å². The number of rotatable bonds is 4. The number of fused-ring (bicyclic) bond motifs is 1. The highest BCUT2D eigenvalue weighted by Crippen LogP contribution is 2.66. The van der Waals surface area contributed by atoms with Crippen molar-refractivity contribution in [3.05, 3.63) is 58.9 Å². The first kappa shape index (κ1) is 25.2. The van der Waals surface area contributed by atoms with Crippen molar-refractivity contribution in [3.8, 4) is 6.07 Å². The summed E-state index contributed by atoms with van der Waals surface area (Å²) in [4.78, 5) is 27.1. The Bertz CT molecular complexity index is 1360. The second-order valence-electron chi connectivity index (χ2n) is 9.64. The molecule has 2 N–H and O–H groups in total. The van der Waals surface area contributed by atoms with E-state index in [1.54, 1.807) is 6.92 Å². The molecule has 2 aromatic heterocycles. The van der Waals surface area contributed by atoms with E-state index >= 15 is 4.39 Å². The lowest BCUT2D eigenvalue weighted by Gasteiger charge is -2.38. The maximum atomic E-state index is 15.1. The van der Waals surface area contributed by atoms with Crippen molar-refractivity contribution in [1.82, 2.24) is 14.9 Å². The van der Waals surface area contributed by atoms with E-state index in [-0.39, 0.29) is 46.5 Å². The number of nitrogens with two attached hydrogens (primary N) is 1. The number of halogens is 4. The summed E-state index contributed by atoms with van der Waals surface area (Å²) in [6, 6.07) is 6.09. The molecule has 5 rings (SSSR count). The first-order valence-electron chi connectivity index (χ1n) is 11.6. The minimum Gasteiger partial charge on any atom is -0.378 e. The Hall–Kier alpha value is -3.46. The Morgan fingerprint density at radius 1 is 1.27 bits per heavy atom. The summed E-state index contributed by atoms with van der Waals surface area (Å²) in [5.41, 5.74) is 5.40. The lowest BCUT2D eigenvalue weighted by molar-refractivity contribution is -0.137. The molecule has 12 heteroatoms.